The van der Waals surface area contributed by atoms with Crippen LogP contribution in [0.3, 0.4) is 0 Å². The number of rotatable bonds is 3. The minimum atomic E-state index is 0.338. The first-order valence-electron chi connectivity index (χ1n) is 6.47. The number of nitrogens with zero attached hydrogens (tertiary/aromatic N) is 3. The van der Waals surface area contributed by atoms with Crippen LogP contribution in [-0.2, 0) is 6.54 Å². The fraction of sp³-hybridized carbons (Fsp3) is 0.133. The summed E-state index contributed by atoms with van der Waals surface area (Å²) in [6.45, 7) is 2.77. The molecule has 0 aliphatic carbocycles. The maximum atomic E-state index is 7.87. The Labute approximate surface area is 130 Å². The second kappa shape index (κ2) is 5.31. The van der Waals surface area contributed by atoms with Gasteiger partial charge in [0.05, 0.1) is 0 Å². The van der Waals surface area contributed by atoms with Gasteiger partial charge in [0.25, 0.3) is 0 Å². The summed E-state index contributed by atoms with van der Waals surface area (Å²) in [4.78, 5) is 8.36. The number of hydrogen-bond acceptors (Lipinski definition) is 4. The van der Waals surface area contributed by atoms with Crippen molar-refractivity contribution in [2.45, 2.75) is 13.5 Å². The Morgan fingerprint density at radius 1 is 1.33 bits per heavy atom. The van der Waals surface area contributed by atoms with E-state index in [4.69, 9.17) is 11.1 Å². The molecule has 0 saturated carbocycles. The van der Waals surface area contributed by atoms with E-state index in [2.05, 4.69) is 45.0 Å². The van der Waals surface area contributed by atoms with E-state index in [0.717, 1.165) is 16.6 Å². The second-order valence-electron chi connectivity index (χ2n) is 4.88. The average Bonchev–Trinajstić information content (AvgIpc) is 2.82. The van der Waals surface area contributed by atoms with Gasteiger partial charge in [0.1, 0.15) is 0 Å². The zero-order chi connectivity index (χ0) is 15.0. The van der Waals surface area contributed by atoms with E-state index in [1.807, 2.05) is 22.9 Å². The Kier molecular flexibility index (Phi) is 3.49. The van der Waals surface area contributed by atoms with Crippen LogP contribution in [0.1, 0.15) is 16.7 Å². The number of aromatic nitrogens is 3. The SMILES string of the molecule is Cc1ccccc1Cn1cc(C(=N)[Se])c2c(N)ncnc21. The number of aryl methyl sites for hydroxylation is 1. The Bertz CT molecular complexity index is 837. The molecule has 0 aliphatic rings. The molecule has 0 unspecified atom stereocenters. The standard InChI is InChI=1S/C15H14N5Se/c1-9-4-2-3-5-10(9)6-20-7-11(14(17)21)12-13(16)18-8-19-15(12)20/h2-5,7-8,17H,6H2,1H3,(H2,16,18,19). The van der Waals surface area contributed by atoms with Crippen LogP contribution < -0.4 is 5.73 Å². The molecule has 1 aromatic carbocycles. The summed E-state index contributed by atoms with van der Waals surface area (Å²) in [5.74, 6) is 0.401. The number of fused-ring (bicyclic) bond motifs is 1. The van der Waals surface area contributed by atoms with E-state index in [-0.39, 0.29) is 0 Å². The fourth-order valence-electron chi connectivity index (χ4n) is 2.41. The van der Waals surface area contributed by atoms with Gasteiger partial charge in [-0.15, -0.1) is 0 Å². The first-order valence-corrected chi connectivity index (χ1v) is 7.33. The van der Waals surface area contributed by atoms with Gasteiger partial charge < -0.3 is 0 Å². The molecule has 0 bridgehead atoms. The summed E-state index contributed by atoms with van der Waals surface area (Å²) < 4.78 is 2.35. The van der Waals surface area contributed by atoms with Crippen LogP contribution in [-0.4, -0.2) is 35.2 Å². The number of nitrogens with two attached hydrogens (primary N) is 1. The topological polar surface area (TPSA) is 80.6 Å². The van der Waals surface area contributed by atoms with Crippen molar-refractivity contribution in [1.29, 1.82) is 5.41 Å². The molecular weight excluding hydrogens is 329 g/mol. The first-order chi connectivity index (χ1) is 10.1. The van der Waals surface area contributed by atoms with Crippen molar-refractivity contribution < 1.29 is 0 Å². The molecule has 2 aromatic heterocycles. The second-order valence-corrected chi connectivity index (χ2v) is 5.74. The molecule has 0 aliphatic heterocycles. The number of anilines is 1. The molecule has 105 valence electrons. The van der Waals surface area contributed by atoms with Crippen LogP contribution in [0, 0.1) is 12.3 Å². The van der Waals surface area contributed by atoms with E-state index in [1.165, 1.54) is 17.5 Å². The Morgan fingerprint density at radius 2 is 2.10 bits per heavy atom. The summed E-state index contributed by atoms with van der Waals surface area (Å²) in [5.41, 5.74) is 9.88. The Hall–Kier alpha value is -2.17. The molecule has 0 spiro atoms. The van der Waals surface area contributed by atoms with Crippen LogP contribution in [0.2, 0.25) is 0 Å². The van der Waals surface area contributed by atoms with Gasteiger partial charge in [-0.25, -0.2) is 0 Å². The summed E-state index contributed by atoms with van der Waals surface area (Å²) in [5, 5.41) is 8.60. The molecule has 3 rings (SSSR count). The van der Waals surface area contributed by atoms with E-state index in [9.17, 15) is 0 Å². The van der Waals surface area contributed by atoms with Crippen LogP contribution in [0.15, 0.2) is 36.8 Å². The summed E-state index contributed by atoms with van der Waals surface area (Å²) >= 11 is 2.72. The zero-order valence-corrected chi connectivity index (χ0v) is 13.2. The van der Waals surface area contributed by atoms with Gasteiger partial charge in [-0.05, 0) is 0 Å². The third-order valence-electron chi connectivity index (χ3n) is 3.53. The molecule has 5 nitrogen and oxygen atoms in total. The van der Waals surface area contributed by atoms with Gasteiger partial charge in [0.2, 0.25) is 0 Å². The number of hydrogen-bond donors (Lipinski definition) is 2. The van der Waals surface area contributed by atoms with Gasteiger partial charge in [-0.2, -0.15) is 0 Å². The van der Waals surface area contributed by atoms with Gasteiger partial charge in [0, 0.05) is 0 Å². The van der Waals surface area contributed by atoms with E-state index < -0.39 is 0 Å². The summed E-state index contributed by atoms with van der Waals surface area (Å²) in [6.07, 6.45) is 3.36. The van der Waals surface area contributed by atoms with Crippen molar-refractivity contribution >= 4 is 37.5 Å². The molecule has 0 amide bonds. The summed E-state index contributed by atoms with van der Waals surface area (Å²) in [6, 6.07) is 8.22. The predicted octanol–water partition coefficient (Wildman–Crippen LogP) is 1.86. The van der Waals surface area contributed by atoms with E-state index >= 15 is 0 Å². The van der Waals surface area contributed by atoms with E-state index in [0.29, 0.717) is 17.0 Å². The van der Waals surface area contributed by atoms with Gasteiger partial charge in [-0.1, -0.05) is 0 Å². The molecule has 0 saturated heterocycles. The molecule has 21 heavy (non-hydrogen) atoms. The zero-order valence-electron chi connectivity index (χ0n) is 11.5. The number of nitrogens with one attached hydrogen (secondary N) is 1. The third-order valence-corrected chi connectivity index (χ3v) is 3.99. The maximum absolute atomic E-state index is 7.87. The fourth-order valence-corrected chi connectivity index (χ4v) is 2.74. The van der Waals surface area contributed by atoms with Crippen molar-refractivity contribution in [2.75, 3.05) is 5.73 Å². The molecule has 3 N–H and O–H groups in total. The average molecular weight is 343 g/mol. The van der Waals surface area contributed by atoms with Crippen molar-refractivity contribution in [3.8, 4) is 0 Å². The Morgan fingerprint density at radius 3 is 2.81 bits per heavy atom. The minimum absolute atomic E-state index is 0.338. The first kappa shape index (κ1) is 13.8. The van der Waals surface area contributed by atoms with Crippen LogP contribution in [0.4, 0.5) is 5.82 Å². The number of nitrogen functional groups attached to an aromatic ring is 1. The molecular formula is C15H14N5Se. The molecule has 0 fully saturated rings. The predicted molar refractivity (Wildman–Crippen MR) is 84.8 cm³/mol. The third kappa shape index (κ3) is 2.44. The molecule has 0 atom stereocenters. The van der Waals surface area contributed by atoms with Crippen molar-refractivity contribution in [3.05, 3.63) is 53.5 Å². The molecule has 2 heterocycles. The quantitative estimate of drug-likeness (QED) is 0.563. The van der Waals surface area contributed by atoms with Gasteiger partial charge in [-0.3, -0.25) is 0 Å². The molecule has 1 radical (unpaired) electrons. The molecule has 3 aromatic rings. The van der Waals surface area contributed by atoms with Gasteiger partial charge >= 0.3 is 130 Å². The van der Waals surface area contributed by atoms with Crippen LogP contribution in [0.25, 0.3) is 11.0 Å². The number of benzene rings is 1. The van der Waals surface area contributed by atoms with Crippen LogP contribution in [0.5, 0.6) is 0 Å². The van der Waals surface area contributed by atoms with Gasteiger partial charge in [0.15, 0.2) is 0 Å². The van der Waals surface area contributed by atoms with E-state index in [1.54, 1.807) is 0 Å². The summed E-state index contributed by atoms with van der Waals surface area (Å²) in [7, 11) is 0. The Balaban J connectivity index is 2.18. The van der Waals surface area contributed by atoms with Crippen LogP contribution >= 0.6 is 0 Å². The molecule has 6 heteroatoms. The van der Waals surface area contributed by atoms with Crippen molar-refractivity contribution in [1.82, 2.24) is 14.5 Å². The van der Waals surface area contributed by atoms with Crippen molar-refractivity contribution in [2.24, 2.45) is 0 Å². The van der Waals surface area contributed by atoms with Crippen molar-refractivity contribution in [3.63, 3.8) is 0 Å². The monoisotopic (exact) mass is 344 g/mol. The normalized spacial score (nSPS) is 10.9.